The first-order valence-electron chi connectivity index (χ1n) is 6.91. The lowest BCUT2D eigenvalue weighted by molar-refractivity contribution is -0.118. The number of hydrogen-bond donors (Lipinski definition) is 1. The summed E-state index contributed by atoms with van der Waals surface area (Å²) in [4.78, 5) is 20.1. The molecule has 0 bridgehead atoms. The van der Waals surface area contributed by atoms with Crippen LogP contribution in [0.2, 0.25) is 15.1 Å². The van der Waals surface area contributed by atoms with Crippen molar-refractivity contribution < 1.29 is 13.9 Å². The minimum absolute atomic E-state index is 0.0828. The van der Waals surface area contributed by atoms with Crippen LogP contribution in [-0.4, -0.2) is 22.5 Å². The number of carbonyl (C=O) groups excluding carboxylic acids is 1. The lowest BCUT2D eigenvalue weighted by Crippen LogP contribution is -2.20. The Morgan fingerprint density at radius 3 is 2.68 bits per heavy atom. The number of carbonyl (C=O) groups is 1. The van der Waals surface area contributed by atoms with Crippen molar-refractivity contribution in [2.24, 2.45) is 0 Å². The molecule has 25 heavy (non-hydrogen) atoms. The van der Waals surface area contributed by atoms with Crippen LogP contribution in [0.5, 0.6) is 5.88 Å². The highest BCUT2D eigenvalue weighted by Crippen LogP contribution is 2.30. The Morgan fingerprint density at radius 1 is 1.12 bits per heavy atom. The molecule has 9 heteroatoms. The monoisotopic (exact) mass is 399 g/mol. The first-order chi connectivity index (χ1) is 11.9. The molecular weight excluding hydrogens is 392 g/mol. The Labute approximate surface area is 156 Å². The predicted octanol–water partition coefficient (Wildman–Crippen LogP) is 4.75. The fraction of sp³-hybridized carbons (Fsp3) is 0.0625. The highest BCUT2D eigenvalue weighted by Gasteiger charge is 2.12. The van der Waals surface area contributed by atoms with Crippen LogP contribution in [-0.2, 0) is 4.79 Å². The normalized spacial score (nSPS) is 10.7. The Hall–Kier alpha value is -2.15. The summed E-state index contributed by atoms with van der Waals surface area (Å²) in [5.74, 6) is -0.830. The molecule has 0 spiro atoms. The van der Waals surface area contributed by atoms with Crippen molar-refractivity contribution in [2.75, 3.05) is 11.9 Å². The summed E-state index contributed by atoms with van der Waals surface area (Å²) in [5, 5.41) is 3.82. The third-order valence-electron chi connectivity index (χ3n) is 3.17. The van der Waals surface area contributed by atoms with E-state index in [4.69, 9.17) is 39.5 Å². The average Bonchev–Trinajstić information content (AvgIpc) is 2.55. The van der Waals surface area contributed by atoms with Crippen molar-refractivity contribution in [2.45, 2.75) is 0 Å². The van der Waals surface area contributed by atoms with E-state index in [1.54, 1.807) is 12.1 Å². The standard InChI is InChI=1S/C16H9Cl3FN3O2/c17-8-3-10-15(12(19)4-8)21-7-22-16(10)25-6-14(24)23-13-2-1-9(20)5-11(13)18/h1-5,7H,6H2,(H,23,24). The van der Waals surface area contributed by atoms with Gasteiger partial charge in [-0.1, -0.05) is 34.8 Å². The van der Waals surface area contributed by atoms with E-state index >= 15 is 0 Å². The van der Waals surface area contributed by atoms with E-state index < -0.39 is 11.7 Å². The van der Waals surface area contributed by atoms with Gasteiger partial charge in [0.1, 0.15) is 12.1 Å². The van der Waals surface area contributed by atoms with Crippen LogP contribution in [0.3, 0.4) is 0 Å². The third kappa shape index (κ3) is 4.10. The number of aromatic nitrogens is 2. The summed E-state index contributed by atoms with van der Waals surface area (Å²) in [7, 11) is 0. The van der Waals surface area contributed by atoms with Crippen LogP contribution in [0.1, 0.15) is 0 Å². The van der Waals surface area contributed by atoms with Gasteiger partial charge in [-0.3, -0.25) is 4.79 Å². The number of nitrogens with one attached hydrogen (secondary N) is 1. The maximum Gasteiger partial charge on any atom is 0.262 e. The van der Waals surface area contributed by atoms with Gasteiger partial charge in [-0.2, -0.15) is 0 Å². The van der Waals surface area contributed by atoms with Crippen molar-refractivity contribution in [1.29, 1.82) is 0 Å². The first kappa shape index (κ1) is 17.7. The van der Waals surface area contributed by atoms with Gasteiger partial charge in [0.05, 0.1) is 26.6 Å². The summed E-state index contributed by atoms with van der Waals surface area (Å²) < 4.78 is 18.4. The van der Waals surface area contributed by atoms with Crippen LogP contribution in [0, 0.1) is 5.82 Å². The summed E-state index contributed by atoms with van der Waals surface area (Å²) in [5.41, 5.74) is 0.730. The molecule has 128 valence electrons. The number of benzene rings is 2. The topological polar surface area (TPSA) is 64.1 Å². The van der Waals surface area contributed by atoms with Crippen molar-refractivity contribution in [3.05, 3.63) is 57.5 Å². The molecule has 0 aliphatic rings. The molecule has 0 saturated heterocycles. The van der Waals surface area contributed by atoms with Crippen molar-refractivity contribution in [3.8, 4) is 5.88 Å². The summed E-state index contributed by atoms with van der Waals surface area (Å²) in [6, 6.07) is 6.78. The van der Waals surface area contributed by atoms with E-state index in [2.05, 4.69) is 15.3 Å². The lowest BCUT2D eigenvalue weighted by atomic mass is 10.2. The highest BCUT2D eigenvalue weighted by atomic mass is 35.5. The zero-order chi connectivity index (χ0) is 18.0. The van der Waals surface area contributed by atoms with Gasteiger partial charge >= 0.3 is 0 Å². The number of ether oxygens (including phenoxy) is 1. The molecular formula is C16H9Cl3FN3O2. The minimum atomic E-state index is -0.500. The maximum absolute atomic E-state index is 13.0. The lowest BCUT2D eigenvalue weighted by Gasteiger charge is -2.10. The summed E-state index contributed by atoms with van der Waals surface area (Å²) >= 11 is 17.9. The number of fused-ring (bicyclic) bond motifs is 1. The zero-order valence-corrected chi connectivity index (χ0v) is 14.7. The molecule has 2 aromatic carbocycles. The number of anilines is 1. The molecule has 5 nitrogen and oxygen atoms in total. The van der Waals surface area contributed by atoms with Crippen LogP contribution < -0.4 is 10.1 Å². The largest absolute Gasteiger partial charge is 0.467 e. The van der Waals surface area contributed by atoms with Gasteiger partial charge in [-0.25, -0.2) is 14.4 Å². The quantitative estimate of drug-likeness (QED) is 0.686. The fourth-order valence-corrected chi connectivity index (χ4v) is 2.85. The van der Waals surface area contributed by atoms with E-state index in [1.807, 2.05) is 0 Å². The Bertz CT molecular complexity index is 969. The van der Waals surface area contributed by atoms with Gasteiger partial charge < -0.3 is 10.1 Å². The van der Waals surface area contributed by atoms with Crippen LogP contribution in [0.15, 0.2) is 36.7 Å². The van der Waals surface area contributed by atoms with Gasteiger partial charge in [0, 0.05) is 5.02 Å². The second-order valence-corrected chi connectivity index (χ2v) is 6.17. The van der Waals surface area contributed by atoms with Gasteiger partial charge in [-0.05, 0) is 30.3 Å². The van der Waals surface area contributed by atoms with E-state index in [-0.39, 0.29) is 23.2 Å². The van der Waals surface area contributed by atoms with E-state index in [0.29, 0.717) is 20.9 Å². The Balaban J connectivity index is 1.75. The molecule has 3 aromatic rings. The maximum atomic E-state index is 13.0. The van der Waals surface area contributed by atoms with E-state index in [1.165, 1.54) is 18.5 Å². The molecule has 0 atom stereocenters. The smallest absolute Gasteiger partial charge is 0.262 e. The molecule has 1 aromatic heterocycles. The van der Waals surface area contributed by atoms with Crippen molar-refractivity contribution in [3.63, 3.8) is 0 Å². The molecule has 1 amide bonds. The third-order valence-corrected chi connectivity index (χ3v) is 3.98. The second-order valence-electron chi connectivity index (χ2n) is 4.92. The van der Waals surface area contributed by atoms with Crippen molar-refractivity contribution in [1.82, 2.24) is 9.97 Å². The first-order valence-corrected chi connectivity index (χ1v) is 8.05. The summed E-state index contributed by atoms with van der Waals surface area (Å²) in [6.07, 6.45) is 1.27. The number of nitrogens with zero attached hydrogens (tertiary/aromatic N) is 2. The fourth-order valence-electron chi connectivity index (χ4n) is 2.09. The number of amides is 1. The average molecular weight is 401 g/mol. The summed E-state index contributed by atoms with van der Waals surface area (Å²) in [6.45, 7) is -0.343. The van der Waals surface area contributed by atoms with Gasteiger partial charge in [-0.15, -0.1) is 0 Å². The van der Waals surface area contributed by atoms with Crippen LogP contribution in [0.25, 0.3) is 10.9 Å². The van der Waals surface area contributed by atoms with Gasteiger partial charge in [0.2, 0.25) is 5.88 Å². The minimum Gasteiger partial charge on any atom is -0.467 e. The molecule has 0 aliphatic carbocycles. The van der Waals surface area contributed by atoms with Gasteiger partial charge in [0.25, 0.3) is 5.91 Å². The molecule has 0 unspecified atom stereocenters. The Kier molecular flexibility index (Phi) is 5.22. The molecule has 0 radical (unpaired) electrons. The highest BCUT2D eigenvalue weighted by molar-refractivity contribution is 6.38. The van der Waals surface area contributed by atoms with E-state index in [0.717, 1.165) is 6.07 Å². The number of halogens is 4. The SMILES string of the molecule is O=C(COc1ncnc2c(Cl)cc(Cl)cc12)Nc1ccc(F)cc1Cl. The molecule has 1 heterocycles. The molecule has 0 aliphatic heterocycles. The number of rotatable bonds is 4. The molecule has 1 N–H and O–H groups in total. The van der Waals surface area contributed by atoms with E-state index in [9.17, 15) is 9.18 Å². The van der Waals surface area contributed by atoms with Crippen molar-refractivity contribution >= 4 is 57.3 Å². The molecule has 0 fully saturated rings. The zero-order valence-electron chi connectivity index (χ0n) is 12.4. The van der Waals surface area contributed by atoms with Gasteiger partial charge in [0.15, 0.2) is 6.61 Å². The predicted molar refractivity (Wildman–Crippen MR) is 95.1 cm³/mol. The molecule has 3 rings (SSSR count). The van der Waals surface area contributed by atoms with Crippen LogP contribution in [0.4, 0.5) is 10.1 Å². The second kappa shape index (κ2) is 7.39. The van der Waals surface area contributed by atoms with Crippen LogP contribution >= 0.6 is 34.8 Å². The number of hydrogen-bond acceptors (Lipinski definition) is 4. The molecule has 0 saturated carbocycles. The Morgan fingerprint density at radius 2 is 1.92 bits per heavy atom.